The largest absolute Gasteiger partial charge is 0.383 e. The molecule has 1 saturated heterocycles. The zero-order valence-corrected chi connectivity index (χ0v) is 17.3. The lowest BCUT2D eigenvalue weighted by Gasteiger charge is -2.23. The summed E-state index contributed by atoms with van der Waals surface area (Å²) < 4.78 is 32.4. The Bertz CT molecular complexity index is 956. The van der Waals surface area contributed by atoms with Crippen molar-refractivity contribution in [3.05, 3.63) is 60.2 Å². The Balaban J connectivity index is 1.82. The number of anilines is 1. The molecule has 1 N–H and O–H groups in total. The first kappa shape index (κ1) is 21.9. The lowest BCUT2D eigenvalue weighted by molar-refractivity contribution is -0.130. The van der Waals surface area contributed by atoms with Crippen LogP contribution < -0.4 is 5.32 Å². The zero-order valence-electron chi connectivity index (χ0n) is 16.5. The number of nitrogens with zero attached hydrogens (tertiary/aromatic N) is 2. The fourth-order valence-corrected chi connectivity index (χ4v) is 4.23. The van der Waals surface area contributed by atoms with Crippen molar-refractivity contribution in [2.24, 2.45) is 4.99 Å². The van der Waals surface area contributed by atoms with E-state index in [1.807, 2.05) is 6.07 Å². The lowest BCUT2D eigenvalue weighted by Crippen LogP contribution is -2.42. The van der Waals surface area contributed by atoms with Crippen molar-refractivity contribution in [1.82, 2.24) is 4.90 Å². The summed E-state index contributed by atoms with van der Waals surface area (Å²) >= 11 is 1.08. The van der Waals surface area contributed by atoms with Crippen molar-refractivity contribution < 1.29 is 23.1 Å². The number of hydrogen-bond donors (Lipinski definition) is 1. The van der Waals surface area contributed by atoms with Gasteiger partial charge in [0.15, 0.2) is 11.0 Å². The molecule has 1 aliphatic heterocycles. The first-order chi connectivity index (χ1) is 14.4. The van der Waals surface area contributed by atoms with E-state index in [0.717, 1.165) is 23.9 Å². The Labute approximate surface area is 177 Å². The normalized spacial score (nSPS) is 18.7. The second-order valence-electron chi connectivity index (χ2n) is 6.73. The van der Waals surface area contributed by atoms with Gasteiger partial charge in [-0.15, -0.1) is 0 Å². The van der Waals surface area contributed by atoms with Crippen LogP contribution in [0.3, 0.4) is 0 Å². The van der Waals surface area contributed by atoms with E-state index >= 15 is 0 Å². The fraction of sp³-hybridized carbons (Fsp3) is 0.286. The number of benzene rings is 2. The molecule has 6 nitrogen and oxygen atoms in total. The number of aliphatic imine (C=N–C) groups is 1. The lowest BCUT2D eigenvalue weighted by atomic mass is 10.2. The van der Waals surface area contributed by atoms with Crippen LogP contribution in [0.25, 0.3) is 0 Å². The van der Waals surface area contributed by atoms with Gasteiger partial charge in [0.1, 0.15) is 16.8 Å². The second kappa shape index (κ2) is 9.82. The van der Waals surface area contributed by atoms with Crippen molar-refractivity contribution in [3.8, 4) is 0 Å². The van der Waals surface area contributed by atoms with Gasteiger partial charge in [-0.05, 0) is 31.2 Å². The molecule has 0 saturated carbocycles. The number of halogens is 2. The molecular formula is C21H21F2N3O3S. The third-order valence-corrected chi connectivity index (χ3v) is 5.52. The summed E-state index contributed by atoms with van der Waals surface area (Å²) in [5, 5.41) is 2.28. The van der Waals surface area contributed by atoms with Gasteiger partial charge in [-0.1, -0.05) is 30.0 Å². The van der Waals surface area contributed by atoms with E-state index in [9.17, 15) is 18.4 Å². The number of ether oxygens (including phenoxy) is 1. The van der Waals surface area contributed by atoms with Crippen molar-refractivity contribution in [2.75, 3.05) is 19.0 Å². The van der Waals surface area contributed by atoms with Gasteiger partial charge in [-0.2, -0.15) is 0 Å². The first-order valence-corrected chi connectivity index (χ1v) is 10.1. The molecule has 2 amide bonds. The van der Waals surface area contributed by atoms with Crippen molar-refractivity contribution >= 4 is 40.1 Å². The van der Waals surface area contributed by atoms with Crippen LogP contribution in [0, 0.1) is 11.6 Å². The van der Waals surface area contributed by atoms with Crippen LogP contribution >= 0.6 is 11.8 Å². The van der Waals surface area contributed by atoms with Crippen LogP contribution in [0.4, 0.5) is 20.2 Å². The molecular weight excluding hydrogens is 412 g/mol. The van der Waals surface area contributed by atoms with Crippen molar-refractivity contribution in [1.29, 1.82) is 0 Å². The Hall–Kier alpha value is -2.78. The molecule has 0 radical (unpaired) electrons. The molecule has 0 aliphatic carbocycles. The molecule has 158 valence electrons. The van der Waals surface area contributed by atoms with Gasteiger partial charge in [0.2, 0.25) is 11.8 Å². The number of para-hydroxylation sites is 1. The fourth-order valence-electron chi connectivity index (χ4n) is 2.99. The summed E-state index contributed by atoms with van der Waals surface area (Å²) in [6.07, 6.45) is -0.0699. The molecule has 1 aliphatic rings. The van der Waals surface area contributed by atoms with Crippen LogP contribution in [0.15, 0.2) is 53.5 Å². The molecule has 0 spiro atoms. The third-order valence-electron chi connectivity index (χ3n) is 4.37. The highest BCUT2D eigenvalue weighted by atomic mass is 32.2. The van der Waals surface area contributed by atoms with Gasteiger partial charge in [-0.25, -0.2) is 13.8 Å². The van der Waals surface area contributed by atoms with E-state index in [1.54, 1.807) is 31.2 Å². The molecule has 3 rings (SSSR count). The summed E-state index contributed by atoms with van der Waals surface area (Å²) in [4.78, 5) is 31.0. The molecule has 2 aromatic rings. The van der Waals surface area contributed by atoms with Gasteiger partial charge in [0.25, 0.3) is 0 Å². The summed E-state index contributed by atoms with van der Waals surface area (Å²) in [6.45, 7) is 2.01. The maximum atomic E-state index is 14.1. The summed E-state index contributed by atoms with van der Waals surface area (Å²) in [5.41, 5.74) is 0.542. The first-order valence-electron chi connectivity index (χ1n) is 9.26. The quantitative estimate of drug-likeness (QED) is 0.718. The minimum absolute atomic E-state index is 0.0699. The Kier molecular flexibility index (Phi) is 7.17. The molecule has 0 aromatic heterocycles. The van der Waals surface area contributed by atoms with E-state index in [-0.39, 0.29) is 41.7 Å². The second-order valence-corrected chi connectivity index (χ2v) is 7.90. The minimum Gasteiger partial charge on any atom is -0.383 e. The van der Waals surface area contributed by atoms with Gasteiger partial charge < -0.3 is 10.1 Å². The monoisotopic (exact) mass is 433 g/mol. The smallest absolute Gasteiger partial charge is 0.243 e. The van der Waals surface area contributed by atoms with Crippen LogP contribution in [-0.4, -0.2) is 46.9 Å². The average Bonchev–Trinajstić information content (AvgIpc) is 3.00. The average molecular weight is 433 g/mol. The minimum atomic E-state index is -0.833. The van der Waals surface area contributed by atoms with Crippen LogP contribution in [0.1, 0.15) is 13.3 Å². The Morgan fingerprint density at radius 2 is 2.00 bits per heavy atom. The highest BCUT2D eigenvalue weighted by molar-refractivity contribution is 8.15. The van der Waals surface area contributed by atoms with Crippen LogP contribution in [0.2, 0.25) is 0 Å². The highest BCUT2D eigenvalue weighted by Gasteiger charge is 2.41. The molecule has 0 bridgehead atoms. The number of hydrogen-bond acceptors (Lipinski definition) is 5. The Morgan fingerprint density at radius 1 is 1.27 bits per heavy atom. The van der Waals surface area contributed by atoms with Gasteiger partial charge in [-0.3, -0.25) is 14.5 Å². The molecule has 2 atom stereocenters. The topological polar surface area (TPSA) is 71.0 Å². The number of amides is 2. The van der Waals surface area contributed by atoms with Gasteiger partial charge in [0, 0.05) is 25.3 Å². The van der Waals surface area contributed by atoms with Gasteiger partial charge >= 0.3 is 0 Å². The number of amidine groups is 1. The van der Waals surface area contributed by atoms with E-state index < -0.39 is 16.9 Å². The summed E-state index contributed by atoms with van der Waals surface area (Å²) in [6, 6.07) is 11.6. The number of thioether (sulfide) groups is 1. The third kappa shape index (κ3) is 5.22. The molecule has 2 unspecified atom stereocenters. The number of rotatable bonds is 7. The van der Waals surface area contributed by atoms with E-state index in [0.29, 0.717) is 5.69 Å². The SMILES string of the molecule is COCC(C)N1C(=O)C(CC(=O)Nc2ccccc2)SC1=Nc1ccc(F)cc1F. The zero-order chi connectivity index (χ0) is 21.7. The van der Waals surface area contributed by atoms with Crippen molar-refractivity contribution in [2.45, 2.75) is 24.6 Å². The maximum absolute atomic E-state index is 14.1. The molecule has 1 heterocycles. The number of nitrogens with one attached hydrogen (secondary N) is 1. The molecule has 1 fully saturated rings. The standard InChI is InChI=1S/C21H21F2N3O3S/c1-13(12-29-2)26-20(28)18(11-19(27)24-15-6-4-3-5-7-15)30-21(26)25-17-9-8-14(22)10-16(17)23/h3-10,13,18H,11-12H2,1-2H3,(H,24,27). The van der Waals surface area contributed by atoms with E-state index in [1.165, 1.54) is 18.1 Å². The maximum Gasteiger partial charge on any atom is 0.243 e. The highest BCUT2D eigenvalue weighted by Crippen LogP contribution is 2.34. The van der Waals surface area contributed by atoms with Crippen molar-refractivity contribution in [3.63, 3.8) is 0 Å². The van der Waals surface area contributed by atoms with Crippen LogP contribution in [-0.2, 0) is 14.3 Å². The number of carbonyl (C=O) groups excluding carboxylic acids is 2. The van der Waals surface area contributed by atoms with E-state index in [4.69, 9.17) is 4.74 Å². The predicted molar refractivity (Wildman–Crippen MR) is 113 cm³/mol. The summed E-state index contributed by atoms with van der Waals surface area (Å²) in [5.74, 6) is -2.18. The molecule has 30 heavy (non-hydrogen) atoms. The number of methoxy groups -OCH3 is 1. The van der Waals surface area contributed by atoms with Gasteiger partial charge in [0.05, 0.1) is 12.6 Å². The molecule has 9 heteroatoms. The van der Waals surface area contributed by atoms with Crippen LogP contribution in [0.5, 0.6) is 0 Å². The number of carbonyl (C=O) groups is 2. The predicted octanol–water partition coefficient (Wildman–Crippen LogP) is 3.96. The van der Waals surface area contributed by atoms with E-state index in [2.05, 4.69) is 10.3 Å². The molecule has 2 aromatic carbocycles. The summed E-state index contributed by atoms with van der Waals surface area (Å²) in [7, 11) is 1.51. The Morgan fingerprint density at radius 3 is 2.67 bits per heavy atom.